The summed E-state index contributed by atoms with van der Waals surface area (Å²) in [6.45, 7) is 6.17. The predicted octanol–water partition coefficient (Wildman–Crippen LogP) is 5.05. The highest BCUT2D eigenvalue weighted by molar-refractivity contribution is 9.10. The zero-order valence-electron chi connectivity index (χ0n) is 12.0. The molecule has 112 valence electrons. The number of halogens is 1. The highest BCUT2D eigenvalue weighted by Gasteiger charge is 2.25. The van der Waals surface area contributed by atoms with Gasteiger partial charge in [0.05, 0.1) is 19.8 Å². The van der Waals surface area contributed by atoms with Gasteiger partial charge in [-0.1, -0.05) is 34.1 Å². The average Bonchev–Trinajstić information content (AvgIpc) is 2.37. The second-order valence-electron chi connectivity index (χ2n) is 4.10. The Balaban J connectivity index is 2.65. The van der Waals surface area contributed by atoms with Crippen LogP contribution in [0, 0.1) is 0 Å². The summed E-state index contributed by atoms with van der Waals surface area (Å²) in [7, 11) is -3.44. The maximum atomic E-state index is 12.1. The van der Waals surface area contributed by atoms with Gasteiger partial charge in [-0.2, -0.15) is 0 Å². The van der Waals surface area contributed by atoms with Gasteiger partial charge in [0.2, 0.25) is 0 Å². The minimum atomic E-state index is -3.44. The number of hydrogen-bond acceptors (Lipinski definition) is 4. The Hall–Kier alpha value is -0.450. The van der Waals surface area contributed by atoms with Crippen LogP contribution in [0.15, 0.2) is 34.3 Å². The average molecular weight is 363 g/mol. The van der Waals surface area contributed by atoms with E-state index in [1.54, 1.807) is 13.8 Å². The van der Waals surface area contributed by atoms with Crippen LogP contribution in [0.25, 0.3) is 6.08 Å². The summed E-state index contributed by atoms with van der Waals surface area (Å²) < 4.78 is 28.6. The van der Waals surface area contributed by atoms with Gasteiger partial charge in [-0.25, -0.2) is 4.57 Å². The van der Waals surface area contributed by atoms with E-state index >= 15 is 0 Å². The first-order valence-corrected chi connectivity index (χ1v) is 8.71. The molecule has 0 aliphatic heterocycles. The summed E-state index contributed by atoms with van der Waals surface area (Å²) >= 11 is 3.42. The number of phosphoric ester groups is 1. The SMILES string of the molecule is CCOP(=O)(OCC)OC/C(C)=C/c1cccc(Br)c1. The first kappa shape index (κ1) is 17.6. The molecule has 0 aliphatic rings. The quantitative estimate of drug-likeness (QED) is 0.607. The van der Waals surface area contributed by atoms with Crippen LogP contribution >= 0.6 is 23.8 Å². The fourth-order valence-electron chi connectivity index (χ4n) is 1.53. The Morgan fingerprint density at radius 2 is 1.90 bits per heavy atom. The van der Waals surface area contributed by atoms with E-state index in [1.807, 2.05) is 37.3 Å². The molecule has 0 saturated carbocycles. The molecule has 0 saturated heterocycles. The summed E-state index contributed by atoms with van der Waals surface area (Å²) in [6.07, 6.45) is 1.97. The normalized spacial score (nSPS) is 12.7. The largest absolute Gasteiger partial charge is 0.475 e. The van der Waals surface area contributed by atoms with Gasteiger partial charge in [-0.3, -0.25) is 13.6 Å². The molecule has 1 aromatic rings. The third kappa shape index (κ3) is 6.33. The van der Waals surface area contributed by atoms with Gasteiger partial charge in [0, 0.05) is 4.47 Å². The van der Waals surface area contributed by atoms with Crippen molar-refractivity contribution >= 4 is 29.8 Å². The van der Waals surface area contributed by atoms with Crippen LogP contribution in [0.1, 0.15) is 26.3 Å². The van der Waals surface area contributed by atoms with E-state index in [9.17, 15) is 4.57 Å². The standard InChI is InChI=1S/C14H20BrO4P/c1-4-17-20(16,18-5-2)19-11-12(3)9-13-7-6-8-14(15)10-13/h6-10H,4-5,11H2,1-3H3/b12-9+. The molecule has 0 radical (unpaired) electrons. The molecule has 20 heavy (non-hydrogen) atoms. The van der Waals surface area contributed by atoms with Gasteiger partial charge >= 0.3 is 7.82 Å². The molecule has 4 nitrogen and oxygen atoms in total. The fourth-order valence-corrected chi connectivity index (χ4v) is 3.17. The highest BCUT2D eigenvalue weighted by atomic mass is 79.9. The molecule has 0 aliphatic carbocycles. The molecular weight excluding hydrogens is 343 g/mol. The van der Waals surface area contributed by atoms with E-state index in [4.69, 9.17) is 13.6 Å². The molecule has 0 atom stereocenters. The molecule has 0 N–H and O–H groups in total. The molecule has 6 heteroatoms. The summed E-state index contributed by atoms with van der Waals surface area (Å²) in [6, 6.07) is 7.89. The van der Waals surface area contributed by atoms with Crippen LogP contribution in [0.2, 0.25) is 0 Å². The molecule has 0 bridgehead atoms. The monoisotopic (exact) mass is 362 g/mol. The molecule has 1 aromatic carbocycles. The Bertz CT molecular complexity index is 492. The maximum absolute atomic E-state index is 12.1. The molecule has 0 unspecified atom stereocenters. The van der Waals surface area contributed by atoms with Crippen molar-refractivity contribution in [2.75, 3.05) is 19.8 Å². The Morgan fingerprint density at radius 3 is 2.45 bits per heavy atom. The maximum Gasteiger partial charge on any atom is 0.475 e. The molecule has 0 spiro atoms. The third-order valence-corrected chi connectivity index (χ3v) is 4.37. The first-order chi connectivity index (χ1) is 9.49. The van der Waals surface area contributed by atoms with Gasteiger partial charge < -0.3 is 0 Å². The van der Waals surface area contributed by atoms with E-state index in [0.29, 0.717) is 0 Å². The lowest BCUT2D eigenvalue weighted by molar-refractivity contribution is 0.129. The van der Waals surface area contributed by atoms with Gasteiger partial charge in [0.25, 0.3) is 0 Å². The van der Waals surface area contributed by atoms with Crippen LogP contribution in [-0.2, 0) is 18.1 Å². The number of benzene rings is 1. The van der Waals surface area contributed by atoms with E-state index in [0.717, 1.165) is 15.6 Å². The minimum Gasteiger partial charge on any atom is -0.287 e. The molecular formula is C14H20BrO4P. The fraction of sp³-hybridized carbons (Fsp3) is 0.429. The van der Waals surface area contributed by atoms with Crippen LogP contribution in [0.5, 0.6) is 0 Å². The summed E-state index contributed by atoms with van der Waals surface area (Å²) in [5, 5.41) is 0. The van der Waals surface area contributed by atoms with Gasteiger partial charge in [-0.15, -0.1) is 0 Å². The summed E-state index contributed by atoms with van der Waals surface area (Å²) in [5.41, 5.74) is 1.98. The molecule has 1 rings (SSSR count). The second kappa shape index (κ2) is 8.75. The molecule has 0 heterocycles. The van der Waals surface area contributed by atoms with Crippen LogP contribution in [0.3, 0.4) is 0 Å². The van der Waals surface area contributed by atoms with Crippen LogP contribution in [-0.4, -0.2) is 19.8 Å². The Kier molecular flexibility index (Phi) is 7.70. The van der Waals surface area contributed by atoms with E-state index in [-0.39, 0.29) is 19.8 Å². The van der Waals surface area contributed by atoms with Crippen molar-refractivity contribution in [3.63, 3.8) is 0 Å². The number of phosphoric acid groups is 1. The Morgan fingerprint density at radius 1 is 1.25 bits per heavy atom. The zero-order chi connectivity index (χ0) is 15.0. The smallest absolute Gasteiger partial charge is 0.287 e. The lowest BCUT2D eigenvalue weighted by atomic mass is 10.1. The van der Waals surface area contributed by atoms with Crippen LogP contribution in [0.4, 0.5) is 0 Å². The zero-order valence-corrected chi connectivity index (χ0v) is 14.4. The van der Waals surface area contributed by atoms with Crippen molar-refractivity contribution in [2.45, 2.75) is 20.8 Å². The van der Waals surface area contributed by atoms with Crippen molar-refractivity contribution in [1.82, 2.24) is 0 Å². The highest BCUT2D eigenvalue weighted by Crippen LogP contribution is 2.49. The molecule has 0 aromatic heterocycles. The first-order valence-electron chi connectivity index (χ1n) is 6.45. The predicted molar refractivity (Wildman–Crippen MR) is 84.6 cm³/mol. The van der Waals surface area contributed by atoms with E-state index in [1.165, 1.54) is 0 Å². The van der Waals surface area contributed by atoms with Gasteiger partial charge in [-0.05, 0) is 44.0 Å². The van der Waals surface area contributed by atoms with Crippen molar-refractivity contribution in [1.29, 1.82) is 0 Å². The van der Waals surface area contributed by atoms with Crippen molar-refractivity contribution in [2.24, 2.45) is 0 Å². The van der Waals surface area contributed by atoms with Crippen LogP contribution < -0.4 is 0 Å². The number of rotatable bonds is 8. The summed E-state index contributed by atoms with van der Waals surface area (Å²) in [5.74, 6) is 0. The lowest BCUT2D eigenvalue weighted by Crippen LogP contribution is -2.02. The van der Waals surface area contributed by atoms with Crippen molar-refractivity contribution < 1.29 is 18.1 Å². The lowest BCUT2D eigenvalue weighted by Gasteiger charge is -2.16. The molecule has 0 amide bonds. The molecule has 0 fully saturated rings. The van der Waals surface area contributed by atoms with Crippen molar-refractivity contribution in [3.05, 3.63) is 39.9 Å². The van der Waals surface area contributed by atoms with E-state index < -0.39 is 7.82 Å². The van der Waals surface area contributed by atoms with Gasteiger partial charge in [0.1, 0.15) is 0 Å². The minimum absolute atomic E-state index is 0.198. The second-order valence-corrected chi connectivity index (χ2v) is 6.69. The topological polar surface area (TPSA) is 44.8 Å². The van der Waals surface area contributed by atoms with E-state index in [2.05, 4.69) is 15.9 Å². The Labute approximate surface area is 128 Å². The summed E-state index contributed by atoms with van der Waals surface area (Å²) in [4.78, 5) is 0. The van der Waals surface area contributed by atoms with Crippen molar-refractivity contribution in [3.8, 4) is 0 Å². The van der Waals surface area contributed by atoms with Gasteiger partial charge in [0.15, 0.2) is 0 Å². The third-order valence-electron chi connectivity index (χ3n) is 2.29. The number of hydrogen-bond donors (Lipinski definition) is 0.